The lowest BCUT2D eigenvalue weighted by Gasteiger charge is -2.72. The Morgan fingerprint density at radius 2 is 1.69 bits per heavy atom. The Hall–Kier alpha value is -2.22. The van der Waals surface area contributed by atoms with Crippen molar-refractivity contribution in [1.29, 1.82) is 0 Å². The van der Waals surface area contributed by atoms with Gasteiger partial charge in [-0.2, -0.15) is 0 Å². The standard InChI is InChI=1S/C51H74N2O4S/c1-34(2)39-20-25-51(52-28-29-53-31-38-30-47(53,5)33-58(38,55)56)27-26-49(7)41(44(39)51)18-19-43-48(6)23-21-40(46(3,4)42(48)22-24-50(43,49)8)36-14-16-37(17-15-36)45(54)57-32-35-12-10-9-11-13-35/h9-14,21,37-39,41-44,52H,1,15-20,22-33H2,2-8H3. The number of hydrogen-bond donors (Lipinski definition) is 1. The van der Waals surface area contributed by atoms with Crippen LogP contribution in [-0.2, 0) is 26.0 Å². The van der Waals surface area contributed by atoms with Gasteiger partial charge in [0.1, 0.15) is 6.61 Å². The molecule has 2 saturated heterocycles. The van der Waals surface area contributed by atoms with Gasteiger partial charge < -0.3 is 10.1 Å². The summed E-state index contributed by atoms with van der Waals surface area (Å²) in [7, 11) is -2.92. The van der Waals surface area contributed by atoms with Crippen molar-refractivity contribution in [3.05, 3.63) is 71.3 Å². The Kier molecular flexibility index (Phi) is 10.0. The molecule has 9 rings (SSSR count). The first-order valence-electron chi connectivity index (χ1n) is 23.3. The van der Waals surface area contributed by atoms with E-state index in [4.69, 9.17) is 4.74 Å². The van der Waals surface area contributed by atoms with Gasteiger partial charge in [0.25, 0.3) is 0 Å². The number of hydrogen-bond acceptors (Lipinski definition) is 6. The first kappa shape index (κ1) is 41.1. The molecule has 8 aliphatic rings. The molecule has 6 aliphatic carbocycles. The Morgan fingerprint density at radius 1 is 0.914 bits per heavy atom. The largest absolute Gasteiger partial charge is 0.461 e. The van der Waals surface area contributed by atoms with Gasteiger partial charge in [-0.05, 0) is 165 Å². The Labute approximate surface area is 351 Å². The smallest absolute Gasteiger partial charge is 0.309 e. The number of benzene rings is 1. The molecule has 4 saturated carbocycles. The molecule has 12 atom stereocenters. The average Bonchev–Trinajstić information content (AvgIpc) is 3.80. The average molecular weight is 811 g/mol. The molecule has 6 fully saturated rings. The van der Waals surface area contributed by atoms with Gasteiger partial charge in [-0.3, -0.25) is 9.69 Å². The van der Waals surface area contributed by atoms with Gasteiger partial charge in [-0.15, -0.1) is 0 Å². The van der Waals surface area contributed by atoms with Crippen molar-refractivity contribution < 1.29 is 17.9 Å². The SMILES string of the molecule is C=C(C)C1CCC2(NCCN3CC4CC3(C)CS4(=O)=O)CCC3(C)C(CCC4C5(C)CC=C(C6=CCC(C(=O)OCc7ccccc7)CC6)C(C)(C)C5CCC43C)C12. The van der Waals surface area contributed by atoms with Gasteiger partial charge >= 0.3 is 5.97 Å². The minimum Gasteiger partial charge on any atom is -0.461 e. The maximum atomic E-state index is 13.1. The quantitative estimate of drug-likeness (QED) is 0.198. The molecule has 1 aromatic rings. The van der Waals surface area contributed by atoms with Gasteiger partial charge in [0.15, 0.2) is 9.84 Å². The van der Waals surface area contributed by atoms with E-state index in [1.54, 1.807) is 5.57 Å². The second-order valence-electron chi connectivity index (χ2n) is 22.7. The maximum Gasteiger partial charge on any atom is 0.309 e. The van der Waals surface area contributed by atoms with E-state index < -0.39 is 9.84 Å². The number of likely N-dealkylation sites (tertiary alicyclic amines) is 1. The third-order valence-corrected chi connectivity index (χ3v) is 22.0. The van der Waals surface area contributed by atoms with Crippen LogP contribution >= 0.6 is 0 Å². The molecule has 1 N–H and O–H groups in total. The normalized spacial score (nSPS) is 44.9. The van der Waals surface area contributed by atoms with Gasteiger partial charge in [-0.1, -0.05) is 89.3 Å². The van der Waals surface area contributed by atoms with Crippen molar-refractivity contribution in [2.45, 2.75) is 155 Å². The highest BCUT2D eigenvalue weighted by atomic mass is 32.2. The minimum atomic E-state index is -2.92. The Morgan fingerprint density at radius 3 is 2.36 bits per heavy atom. The van der Waals surface area contributed by atoms with E-state index in [1.807, 2.05) is 30.3 Å². The number of ether oxygens (including phenoxy) is 1. The molecule has 0 amide bonds. The summed E-state index contributed by atoms with van der Waals surface area (Å²) in [5, 5.41) is 4.13. The zero-order valence-electron chi connectivity index (χ0n) is 37.0. The first-order valence-corrected chi connectivity index (χ1v) is 25.1. The van der Waals surface area contributed by atoms with E-state index in [1.165, 1.54) is 62.5 Å². The lowest BCUT2D eigenvalue weighted by molar-refractivity contribution is -0.221. The van der Waals surface area contributed by atoms with Gasteiger partial charge in [0.2, 0.25) is 0 Å². The summed E-state index contributed by atoms with van der Waals surface area (Å²) < 4.78 is 31.1. The molecule has 7 heteroatoms. The third-order valence-electron chi connectivity index (χ3n) is 19.7. The van der Waals surface area contributed by atoms with Crippen molar-refractivity contribution in [3.63, 3.8) is 0 Å². The monoisotopic (exact) mass is 811 g/mol. The van der Waals surface area contributed by atoms with Crippen molar-refractivity contribution in [1.82, 2.24) is 10.2 Å². The van der Waals surface area contributed by atoms with Crippen LogP contribution in [0, 0.1) is 57.2 Å². The summed E-state index contributed by atoms with van der Waals surface area (Å²) in [6.45, 7) is 25.4. The van der Waals surface area contributed by atoms with Crippen molar-refractivity contribution in [2.24, 2.45) is 57.2 Å². The number of rotatable bonds is 9. The molecule has 0 radical (unpaired) electrons. The second-order valence-corrected chi connectivity index (χ2v) is 25.0. The molecule has 0 spiro atoms. The summed E-state index contributed by atoms with van der Waals surface area (Å²) >= 11 is 0. The van der Waals surface area contributed by atoms with E-state index in [2.05, 4.69) is 77.4 Å². The number of fused-ring (bicyclic) bond motifs is 9. The molecule has 2 bridgehead atoms. The van der Waals surface area contributed by atoms with E-state index in [0.29, 0.717) is 53.9 Å². The zero-order valence-corrected chi connectivity index (χ0v) is 37.8. The lowest BCUT2D eigenvalue weighted by Crippen LogP contribution is -2.68. The van der Waals surface area contributed by atoms with Crippen LogP contribution in [0.3, 0.4) is 0 Å². The number of carbonyl (C=O) groups is 1. The molecule has 58 heavy (non-hydrogen) atoms. The third kappa shape index (κ3) is 6.17. The fourth-order valence-electron chi connectivity index (χ4n) is 16.6. The minimum absolute atomic E-state index is 0.0464. The summed E-state index contributed by atoms with van der Waals surface area (Å²) in [6, 6.07) is 10.0. The Bertz CT molecular complexity index is 1990. The number of nitrogens with zero attached hydrogens (tertiary/aromatic N) is 1. The topological polar surface area (TPSA) is 75.7 Å². The van der Waals surface area contributed by atoms with Crippen LogP contribution in [0.1, 0.15) is 138 Å². The van der Waals surface area contributed by atoms with Crippen LogP contribution < -0.4 is 5.32 Å². The number of sulfone groups is 1. The number of nitrogens with one attached hydrogen (secondary N) is 1. The summed E-state index contributed by atoms with van der Waals surface area (Å²) in [5.41, 5.74) is 6.39. The predicted octanol–water partition coefficient (Wildman–Crippen LogP) is 10.3. The Balaban J connectivity index is 0.910. The van der Waals surface area contributed by atoms with Crippen LogP contribution in [0.4, 0.5) is 0 Å². The van der Waals surface area contributed by atoms with Gasteiger partial charge in [0.05, 0.1) is 16.9 Å². The summed E-state index contributed by atoms with van der Waals surface area (Å²) in [4.78, 5) is 15.6. The van der Waals surface area contributed by atoms with Crippen LogP contribution in [0.5, 0.6) is 0 Å². The molecular formula is C51H74N2O4S. The van der Waals surface area contributed by atoms with Crippen LogP contribution in [0.15, 0.2) is 65.8 Å². The molecule has 12 unspecified atom stereocenters. The van der Waals surface area contributed by atoms with Crippen LogP contribution in [-0.4, -0.2) is 61.0 Å². The zero-order chi connectivity index (χ0) is 41.1. The predicted molar refractivity (Wildman–Crippen MR) is 235 cm³/mol. The van der Waals surface area contributed by atoms with Gasteiger partial charge in [-0.25, -0.2) is 8.42 Å². The number of allylic oxidation sites excluding steroid dienone is 5. The van der Waals surface area contributed by atoms with Crippen LogP contribution in [0.25, 0.3) is 0 Å². The lowest BCUT2D eigenvalue weighted by atomic mass is 9.33. The fraction of sp³-hybridized carbons (Fsp3) is 0.745. The molecule has 318 valence electrons. The highest BCUT2D eigenvalue weighted by Crippen LogP contribution is 2.76. The summed E-state index contributed by atoms with van der Waals surface area (Å²) in [6.07, 6.45) is 20.0. The molecule has 6 nitrogen and oxygen atoms in total. The molecular weight excluding hydrogens is 737 g/mol. The first-order chi connectivity index (χ1) is 27.4. The number of esters is 1. The number of carbonyl (C=O) groups excluding carboxylic acids is 1. The van der Waals surface area contributed by atoms with E-state index in [9.17, 15) is 13.2 Å². The van der Waals surface area contributed by atoms with E-state index >= 15 is 0 Å². The van der Waals surface area contributed by atoms with Gasteiger partial charge in [0, 0.05) is 30.7 Å². The highest BCUT2D eigenvalue weighted by molar-refractivity contribution is 7.92. The summed E-state index contributed by atoms with van der Waals surface area (Å²) in [5.74, 6) is 3.45. The fourth-order valence-corrected chi connectivity index (χ4v) is 19.1. The van der Waals surface area contributed by atoms with E-state index in [0.717, 1.165) is 50.8 Å². The van der Waals surface area contributed by atoms with Crippen molar-refractivity contribution in [2.75, 3.05) is 25.4 Å². The van der Waals surface area contributed by atoms with Crippen LogP contribution in [0.2, 0.25) is 0 Å². The highest BCUT2D eigenvalue weighted by Gasteiger charge is 2.70. The van der Waals surface area contributed by atoms with Crippen molar-refractivity contribution >= 4 is 15.8 Å². The maximum absolute atomic E-state index is 13.1. The molecule has 2 heterocycles. The molecule has 2 aliphatic heterocycles. The second kappa shape index (κ2) is 14.2. The molecule has 0 aromatic heterocycles. The van der Waals surface area contributed by atoms with Crippen molar-refractivity contribution in [3.8, 4) is 0 Å². The molecule has 1 aromatic carbocycles. The van der Waals surface area contributed by atoms with E-state index in [-0.39, 0.29) is 44.5 Å².